The lowest BCUT2D eigenvalue weighted by Crippen LogP contribution is -1.92. The molecule has 10 aromatic rings. The van der Waals surface area contributed by atoms with Crippen LogP contribution in [0.25, 0.3) is 98.7 Å². The predicted molar refractivity (Wildman–Crippen MR) is 224 cm³/mol. The topological polar surface area (TPSA) is 0 Å². The molecule has 0 aliphatic rings. The molecular weight excluding hydrogens is 625 g/mol. The van der Waals surface area contributed by atoms with Crippen LogP contribution in [0.2, 0.25) is 0 Å². The second kappa shape index (κ2) is 12.5. The number of hydrogen-bond donors (Lipinski definition) is 0. The fourth-order valence-corrected chi connectivity index (χ4v) is 8.08. The average molecular weight is 659 g/mol. The summed E-state index contributed by atoms with van der Waals surface area (Å²) in [6.07, 6.45) is 0. The van der Waals surface area contributed by atoms with Crippen LogP contribution in [0.1, 0.15) is 0 Å². The highest BCUT2D eigenvalue weighted by atomic mass is 14.2. The Balaban J connectivity index is 1.21. The van der Waals surface area contributed by atoms with Gasteiger partial charge in [0.05, 0.1) is 0 Å². The molecule has 0 unspecified atom stereocenters. The normalized spacial score (nSPS) is 11.5. The van der Waals surface area contributed by atoms with Gasteiger partial charge < -0.3 is 0 Å². The van der Waals surface area contributed by atoms with E-state index in [4.69, 9.17) is 0 Å². The van der Waals surface area contributed by atoms with E-state index < -0.39 is 0 Å². The van der Waals surface area contributed by atoms with Crippen LogP contribution in [0.15, 0.2) is 206 Å². The summed E-state index contributed by atoms with van der Waals surface area (Å²) in [5.41, 5.74) is 12.2. The lowest BCUT2D eigenvalue weighted by atomic mass is 9.84. The fourth-order valence-electron chi connectivity index (χ4n) is 8.08. The maximum atomic E-state index is 2.40. The van der Waals surface area contributed by atoms with Gasteiger partial charge in [0.2, 0.25) is 0 Å². The molecule has 0 N–H and O–H groups in total. The van der Waals surface area contributed by atoms with Crippen LogP contribution in [0.4, 0.5) is 0 Å². The monoisotopic (exact) mass is 658 g/mol. The maximum absolute atomic E-state index is 2.40. The van der Waals surface area contributed by atoms with Crippen molar-refractivity contribution in [1.29, 1.82) is 0 Å². The molecular formula is C52H34. The lowest BCUT2D eigenvalue weighted by Gasteiger charge is -2.19. The van der Waals surface area contributed by atoms with Crippen LogP contribution < -0.4 is 0 Å². The van der Waals surface area contributed by atoms with Gasteiger partial charge in [-0.15, -0.1) is 0 Å². The zero-order valence-electron chi connectivity index (χ0n) is 28.6. The molecule has 0 fully saturated rings. The van der Waals surface area contributed by atoms with Crippen LogP contribution in [-0.2, 0) is 0 Å². The van der Waals surface area contributed by atoms with E-state index in [2.05, 4.69) is 206 Å². The first kappa shape index (κ1) is 30.1. The van der Waals surface area contributed by atoms with Crippen LogP contribution in [-0.4, -0.2) is 0 Å². The second-order valence-corrected chi connectivity index (χ2v) is 13.7. The SMILES string of the molecule is c1ccc(-c2cc(-c3cccc(-c4ccc5ccccc5c4)c3)cc(-c3c4ccccc4c(-c4ccc5ccccc5c4)c4ccccc34)c2)cc1. The van der Waals surface area contributed by atoms with Crippen molar-refractivity contribution in [2.45, 2.75) is 0 Å². The second-order valence-electron chi connectivity index (χ2n) is 13.7. The minimum absolute atomic E-state index is 1.20. The zero-order chi connectivity index (χ0) is 34.4. The first-order chi connectivity index (χ1) is 25.8. The zero-order valence-corrected chi connectivity index (χ0v) is 28.6. The molecule has 0 saturated heterocycles. The van der Waals surface area contributed by atoms with Crippen molar-refractivity contribution in [3.8, 4) is 55.6 Å². The Morgan fingerprint density at radius 2 is 0.538 bits per heavy atom. The summed E-state index contributed by atoms with van der Waals surface area (Å²) < 4.78 is 0. The van der Waals surface area contributed by atoms with E-state index in [0.29, 0.717) is 0 Å². The minimum atomic E-state index is 1.20. The van der Waals surface area contributed by atoms with Crippen molar-refractivity contribution in [2.24, 2.45) is 0 Å². The quantitative estimate of drug-likeness (QED) is 0.161. The smallest absolute Gasteiger partial charge is 0.00259 e. The van der Waals surface area contributed by atoms with Crippen molar-refractivity contribution in [1.82, 2.24) is 0 Å². The lowest BCUT2D eigenvalue weighted by molar-refractivity contribution is 1.57. The molecule has 242 valence electrons. The number of fused-ring (bicyclic) bond motifs is 4. The van der Waals surface area contributed by atoms with Crippen molar-refractivity contribution in [3.63, 3.8) is 0 Å². The van der Waals surface area contributed by atoms with Gasteiger partial charge in [0.25, 0.3) is 0 Å². The molecule has 0 atom stereocenters. The van der Waals surface area contributed by atoms with Crippen molar-refractivity contribution >= 4 is 43.1 Å². The summed E-state index contributed by atoms with van der Waals surface area (Å²) >= 11 is 0. The summed E-state index contributed by atoms with van der Waals surface area (Å²) in [4.78, 5) is 0. The van der Waals surface area contributed by atoms with Gasteiger partial charge in [-0.05, 0) is 135 Å². The number of rotatable bonds is 5. The Morgan fingerprint density at radius 1 is 0.173 bits per heavy atom. The third kappa shape index (κ3) is 5.25. The molecule has 0 spiro atoms. The average Bonchev–Trinajstić information content (AvgIpc) is 3.22. The van der Waals surface area contributed by atoms with E-state index in [-0.39, 0.29) is 0 Å². The molecule has 10 aromatic carbocycles. The molecule has 0 amide bonds. The van der Waals surface area contributed by atoms with Gasteiger partial charge >= 0.3 is 0 Å². The van der Waals surface area contributed by atoms with Crippen molar-refractivity contribution in [2.75, 3.05) is 0 Å². The Kier molecular flexibility index (Phi) is 7.25. The molecule has 0 heterocycles. The molecule has 0 aliphatic heterocycles. The first-order valence-corrected chi connectivity index (χ1v) is 18.0. The van der Waals surface area contributed by atoms with E-state index in [1.54, 1.807) is 0 Å². The standard InChI is InChI=1S/C52H34/c1-2-13-35(14-3-1)44-32-45(41-20-12-19-40(30-41)42-27-25-36-15-4-6-17-38(36)29-42)34-46(33-44)52-49-23-10-8-21-47(49)51(48-22-9-11-24-50(48)52)43-28-26-37-16-5-7-18-39(37)31-43/h1-34H. The van der Waals surface area contributed by atoms with E-state index in [9.17, 15) is 0 Å². The Hall–Kier alpha value is -6.76. The summed E-state index contributed by atoms with van der Waals surface area (Å²) in [7, 11) is 0. The third-order valence-electron chi connectivity index (χ3n) is 10.6. The van der Waals surface area contributed by atoms with Gasteiger partial charge in [0, 0.05) is 0 Å². The Labute approximate surface area is 303 Å². The Bertz CT molecular complexity index is 2890. The van der Waals surface area contributed by atoms with E-state index in [1.807, 2.05) is 0 Å². The maximum Gasteiger partial charge on any atom is -0.00259 e. The molecule has 0 bridgehead atoms. The fraction of sp³-hybridized carbons (Fsp3) is 0. The molecule has 10 rings (SSSR count). The Morgan fingerprint density at radius 3 is 1.13 bits per heavy atom. The minimum Gasteiger partial charge on any atom is -0.0622 e. The summed E-state index contributed by atoms with van der Waals surface area (Å²) in [6, 6.07) is 75.7. The van der Waals surface area contributed by atoms with Gasteiger partial charge in [-0.2, -0.15) is 0 Å². The molecule has 52 heavy (non-hydrogen) atoms. The summed E-state index contributed by atoms with van der Waals surface area (Å²) in [5.74, 6) is 0. The highest BCUT2D eigenvalue weighted by molar-refractivity contribution is 6.22. The largest absolute Gasteiger partial charge is 0.0622 e. The molecule has 0 aromatic heterocycles. The van der Waals surface area contributed by atoms with Crippen molar-refractivity contribution in [3.05, 3.63) is 206 Å². The van der Waals surface area contributed by atoms with Crippen molar-refractivity contribution < 1.29 is 0 Å². The van der Waals surface area contributed by atoms with Gasteiger partial charge in [-0.1, -0.05) is 170 Å². The van der Waals surface area contributed by atoms with Crippen LogP contribution in [0.3, 0.4) is 0 Å². The molecule has 0 aliphatic carbocycles. The van der Waals surface area contributed by atoms with E-state index >= 15 is 0 Å². The van der Waals surface area contributed by atoms with Gasteiger partial charge in [-0.3, -0.25) is 0 Å². The molecule has 0 heteroatoms. The van der Waals surface area contributed by atoms with Gasteiger partial charge in [-0.25, -0.2) is 0 Å². The van der Waals surface area contributed by atoms with Crippen LogP contribution in [0.5, 0.6) is 0 Å². The highest BCUT2D eigenvalue weighted by Crippen LogP contribution is 2.46. The third-order valence-corrected chi connectivity index (χ3v) is 10.6. The highest BCUT2D eigenvalue weighted by Gasteiger charge is 2.18. The van der Waals surface area contributed by atoms with Crippen LogP contribution in [0, 0.1) is 0 Å². The number of hydrogen-bond acceptors (Lipinski definition) is 0. The van der Waals surface area contributed by atoms with Gasteiger partial charge in [0.15, 0.2) is 0 Å². The number of benzene rings is 10. The molecule has 0 saturated carbocycles. The van der Waals surface area contributed by atoms with Crippen LogP contribution >= 0.6 is 0 Å². The predicted octanol–water partition coefficient (Wildman–Crippen LogP) is 14.6. The summed E-state index contributed by atoms with van der Waals surface area (Å²) in [5, 5.41) is 10.1. The van der Waals surface area contributed by atoms with E-state index in [1.165, 1.54) is 98.7 Å². The molecule has 0 nitrogen and oxygen atoms in total. The first-order valence-electron chi connectivity index (χ1n) is 18.0. The molecule has 0 radical (unpaired) electrons. The summed E-state index contributed by atoms with van der Waals surface area (Å²) in [6.45, 7) is 0. The van der Waals surface area contributed by atoms with Gasteiger partial charge in [0.1, 0.15) is 0 Å². The van der Waals surface area contributed by atoms with E-state index in [0.717, 1.165) is 0 Å².